The molecule has 3 fully saturated rings. The number of phenols is 1. The number of hydrogen-bond acceptors (Lipinski definition) is 5. The van der Waals surface area contributed by atoms with Crippen molar-refractivity contribution in [3.63, 3.8) is 0 Å². The van der Waals surface area contributed by atoms with Gasteiger partial charge in [0.2, 0.25) is 5.91 Å². The average Bonchev–Trinajstić information content (AvgIpc) is 3.12. The molecule has 3 aliphatic rings. The molecular weight excluding hydrogens is 380 g/mol. The van der Waals surface area contributed by atoms with Crippen LogP contribution in [0.5, 0.6) is 5.75 Å². The Labute approximate surface area is 179 Å². The van der Waals surface area contributed by atoms with Crippen LogP contribution in [-0.2, 0) is 16.0 Å². The first kappa shape index (κ1) is 21.6. The molecule has 1 aliphatic carbocycles. The lowest BCUT2D eigenvalue weighted by atomic mass is 9.76. The van der Waals surface area contributed by atoms with Gasteiger partial charge in [0.1, 0.15) is 5.75 Å². The number of phenolic OH excluding ortho intramolecular Hbond substituents is 1. The lowest BCUT2D eigenvalue weighted by Crippen LogP contribution is -2.44. The molecule has 2 aliphatic heterocycles. The van der Waals surface area contributed by atoms with Gasteiger partial charge in [0.15, 0.2) is 0 Å². The number of aromatic hydroxyl groups is 1. The van der Waals surface area contributed by atoms with Crippen LogP contribution in [-0.4, -0.2) is 77.5 Å². The number of aliphatic hydroxyl groups excluding tert-OH is 1. The predicted molar refractivity (Wildman–Crippen MR) is 115 cm³/mol. The normalized spacial score (nSPS) is 28.9. The molecule has 2 N–H and O–H groups in total. The number of carbonyl (C=O) groups is 1. The maximum absolute atomic E-state index is 12.7. The Balaban J connectivity index is 1.22. The molecule has 4 rings (SSSR count). The molecule has 6 nitrogen and oxygen atoms in total. The lowest BCUT2D eigenvalue weighted by molar-refractivity contribution is -0.132. The third-order valence-electron chi connectivity index (χ3n) is 7.54. The largest absolute Gasteiger partial charge is 0.508 e. The molecule has 1 spiro atoms. The molecule has 1 amide bonds. The fourth-order valence-electron chi connectivity index (χ4n) is 5.46. The van der Waals surface area contributed by atoms with Gasteiger partial charge < -0.3 is 24.7 Å². The highest BCUT2D eigenvalue weighted by atomic mass is 16.5. The number of carbonyl (C=O) groups excluding carboxylic acids is 1. The zero-order chi connectivity index (χ0) is 21.1. The van der Waals surface area contributed by atoms with Crippen molar-refractivity contribution in [1.29, 1.82) is 0 Å². The van der Waals surface area contributed by atoms with Gasteiger partial charge >= 0.3 is 0 Å². The first-order valence-electron chi connectivity index (χ1n) is 11.5. The number of likely N-dealkylation sites (tertiary alicyclic amines) is 1. The Kier molecular flexibility index (Phi) is 6.66. The highest BCUT2D eigenvalue weighted by Gasteiger charge is 2.43. The summed E-state index contributed by atoms with van der Waals surface area (Å²) in [4.78, 5) is 17.1. The van der Waals surface area contributed by atoms with Crippen molar-refractivity contribution in [2.75, 3.05) is 33.3 Å². The summed E-state index contributed by atoms with van der Waals surface area (Å²) in [6, 6.07) is 7.47. The van der Waals surface area contributed by atoms with Gasteiger partial charge in [0.05, 0.1) is 25.2 Å². The number of piperidine rings is 1. The average molecular weight is 417 g/mol. The Morgan fingerprint density at radius 1 is 1.17 bits per heavy atom. The van der Waals surface area contributed by atoms with Crippen molar-refractivity contribution >= 4 is 5.91 Å². The van der Waals surface area contributed by atoms with Crippen molar-refractivity contribution < 1.29 is 19.7 Å². The van der Waals surface area contributed by atoms with Crippen LogP contribution in [0.1, 0.15) is 50.5 Å². The van der Waals surface area contributed by atoms with E-state index < -0.39 is 0 Å². The number of rotatable bonds is 5. The maximum Gasteiger partial charge on any atom is 0.226 e. The Bertz CT molecular complexity index is 706. The first-order chi connectivity index (χ1) is 14.4. The molecule has 0 aromatic heterocycles. The van der Waals surface area contributed by atoms with Crippen LogP contribution in [0.15, 0.2) is 24.3 Å². The van der Waals surface area contributed by atoms with Gasteiger partial charge in [-0.1, -0.05) is 12.1 Å². The number of benzene rings is 1. The summed E-state index contributed by atoms with van der Waals surface area (Å²) in [6.07, 6.45) is 7.68. The van der Waals surface area contributed by atoms with Crippen LogP contribution in [0, 0.1) is 5.41 Å². The van der Waals surface area contributed by atoms with Crippen LogP contribution in [0.25, 0.3) is 0 Å². The summed E-state index contributed by atoms with van der Waals surface area (Å²) < 4.78 is 6.21. The third-order valence-corrected chi connectivity index (χ3v) is 7.54. The van der Waals surface area contributed by atoms with Gasteiger partial charge in [-0.05, 0) is 75.1 Å². The fraction of sp³-hybridized carbons (Fsp3) is 0.708. The van der Waals surface area contributed by atoms with Crippen LogP contribution >= 0.6 is 0 Å². The lowest BCUT2D eigenvalue weighted by Gasteiger charge is -2.39. The molecule has 0 unspecified atom stereocenters. The smallest absolute Gasteiger partial charge is 0.226 e. The minimum Gasteiger partial charge on any atom is -0.508 e. The Hall–Kier alpha value is -1.63. The van der Waals surface area contributed by atoms with Crippen LogP contribution in [0.2, 0.25) is 0 Å². The summed E-state index contributed by atoms with van der Waals surface area (Å²) in [7, 11) is 2.20. The SMILES string of the molecule is CN(C[C@@H]1CC2(CCN(C(=O)Cc3ccc(O)cc3)CC2)CO1)C1CCC(O)CC1. The molecule has 2 saturated heterocycles. The maximum atomic E-state index is 12.7. The second kappa shape index (κ2) is 9.25. The molecule has 1 aromatic rings. The van der Waals surface area contributed by atoms with Gasteiger partial charge in [-0.3, -0.25) is 4.79 Å². The van der Waals surface area contributed by atoms with Crippen LogP contribution < -0.4 is 0 Å². The highest BCUT2D eigenvalue weighted by Crippen LogP contribution is 2.42. The summed E-state index contributed by atoms with van der Waals surface area (Å²) in [5.74, 6) is 0.402. The monoisotopic (exact) mass is 416 g/mol. The molecule has 30 heavy (non-hydrogen) atoms. The Morgan fingerprint density at radius 2 is 1.83 bits per heavy atom. The number of hydrogen-bond donors (Lipinski definition) is 2. The zero-order valence-corrected chi connectivity index (χ0v) is 18.1. The zero-order valence-electron chi connectivity index (χ0n) is 18.1. The van der Waals surface area contributed by atoms with Crippen LogP contribution in [0.3, 0.4) is 0 Å². The van der Waals surface area contributed by atoms with Gasteiger partial charge in [-0.15, -0.1) is 0 Å². The quantitative estimate of drug-likeness (QED) is 0.772. The van der Waals surface area contributed by atoms with Crippen molar-refractivity contribution in [2.45, 2.75) is 69.6 Å². The molecule has 0 bridgehead atoms. The van der Waals surface area contributed by atoms with E-state index in [2.05, 4.69) is 11.9 Å². The van der Waals surface area contributed by atoms with E-state index in [1.54, 1.807) is 12.1 Å². The number of ether oxygens (including phenoxy) is 1. The molecular formula is C24H36N2O4. The minimum atomic E-state index is -0.109. The van der Waals surface area contributed by atoms with Crippen LogP contribution in [0.4, 0.5) is 0 Å². The number of amides is 1. The molecule has 6 heteroatoms. The second-order valence-corrected chi connectivity index (χ2v) is 9.76. The molecule has 1 aromatic carbocycles. The van der Waals surface area contributed by atoms with Gasteiger partial charge in [0.25, 0.3) is 0 Å². The van der Waals surface area contributed by atoms with Crippen molar-refractivity contribution in [1.82, 2.24) is 9.80 Å². The van der Waals surface area contributed by atoms with E-state index in [4.69, 9.17) is 4.74 Å². The molecule has 166 valence electrons. The molecule has 1 saturated carbocycles. The highest BCUT2D eigenvalue weighted by molar-refractivity contribution is 5.78. The van der Waals surface area contributed by atoms with Gasteiger partial charge in [0, 0.05) is 25.7 Å². The third kappa shape index (κ3) is 5.16. The van der Waals surface area contributed by atoms with Crippen molar-refractivity contribution in [3.05, 3.63) is 29.8 Å². The first-order valence-corrected chi connectivity index (χ1v) is 11.5. The number of aliphatic hydroxyl groups is 1. The predicted octanol–water partition coefficient (Wildman–Crippen LogP) is 2.57. The fourth-order valence-corrected chi connectivity index (χ4v) is 5.46. The van der Waals surface area contributed by atoms with E-state index in [9.17, 15) is 15.0 Å². The van der Waals surface area contributed by atoms with Crippen molar-refractivity contribution in [2.24, 2.45) is 5.41 Å². The summed E-state index contributed by atoms with van der Waals surface area (Å²) in [6.45, 7) is 3.40. The van der Waals surface area contributed by atoms with E-state index >= 15 is 0 Å². The molecule has 0 radical (unpaired) electrons. The second-order valence-electron chi connectivity index (χ2n) is 9.76. The molecule has 1 atom stereocenters. The van der Waals surface area contributed by atoms with E-state index in [1.807, 2.05) is 17.0 Å². The van der Waals surface area contributed by atoms with Crippen molar-refractivity contribution in [3.8, 4) is 5.75 Å². The summed E-state index contributed by atoms with van der Waals surface area (Å²) >= 11 is 0. The Morgan fingerprint density at radius 3 is 2.50 bits per heavy atom. The van der Waals surface area contributed by atoms with E-state index in [0.717, 1.165) is 76.8 Å². The number of nitrogens with zero attached hydrogens (tertiary/aromatic N) is 2. The summed E-state index contributed by atoms with van der Waals surface area (Å²) in [5, 5.41) is 19.1. The molecule has 2 heterocycles. The van der Waals surface area contributed by atoms with Gasteiger partial charge in [-0.2, -0.15) is 0 Å². The van der Waals surface area contributed by atoms with E-state index in [-0.39, 0.29) is 29.3 Å². The minimum absolute atomic E-state index is 0.109. The van der Waals surface area contributed by atoms with Gasteiger partial charge in [-0.25, -0.2) is 0 Å². The summed E-state index contributed by atoms with van der Waals surface area (Å²) in [5.41, 5.74) is 1.17. The van der Waals surface area contributed by atoms with E-state index in [1.165, 1.54) is 0 Å². The standard InChI is InChI=1S/C24H36N2O4/c1-25(19-4-8-21(28)9-5-19)16-22-15-24(17-30-22)10-12-26(13-11-24)23(29)14-18-2-6-20(27)7-3-18/h2-3,6-7,19,21-22,27-28H,4-5,8-17H2,1H3/t19?,21?,22-/m0/s1. The number of likely N-dealkylation sites (N-methyl/N-ethyl adjacent to an activating group) is 1. The van der Waals surface area contributed by atoms with E-state index in [0.29, 0.717) is 12.5 Å². The topological polar surface area (TPSA) is 73.2 Å².